The van der Waals surface area contributed by atoms with Gasteiger partial charge in [0.15, 0.2) is 0 Å². The third kappa shape index (κ3) is 7.64. The number of unbranched alkanes of at least 4 members (excludes halogenated alkanes) is 2. The number of carbonyl (C=O) groups excluding carboxylic acids is 2. The standard InChI is InChI=1S/C27H30N2O5/c30-23-15-13-20(14-16-23)17-18-28-27(32)22(8-2-1-3-12-26(31)29-33)19-34-25-11-6-9-21-7-4-5-10-24(21)25/h4-11,13-16,30,33H,1-3,12,17-19H2,(H,28,32)(H,29,31). The van der Waals surface area contributed by atoms with E-state index < -0.39 is 5.91 Å². The lowest BCUT2D eigenvalue weighted by molar-refractivity contribution is -0.129. The van der Waals surface area contributed by atoms with Crippen LogP contribution in [0.5, 0.6) is 11.5 Å². The second-order valence-electron chi connectivity index (χ2n) is 7.95. The zero-order valence-corrected chi connectivity index (χ0v) is 19.0. The molecule has 0 unspecified atom stereocenters. The van der Waals surface area contributed by atoms with Crippen LogP contribution in [0.3, 0.4) is 0 Å². The Hall–Kier alpha value is -3.84. The molecule has 178 valence electrons. The highest BCUT2D eigenvalue weighted by atomic mass is 16.5. The van der Waals surface area contributed by atoms with Gasteiger partial charge in [-0.1, -0.05) is 54.6 Å². The van der Waals surface area contributed by atoms with Gasteiger partial charge < -0.3 is 15.2 Å². The van der Waals surface area contributed by atoms with Crippen molar-refractivity contribution in [2.45, 2.75) is 32.1 Å². The van der Waals surface area contributed by atoms with Crippen molar-refractivity contribution in [3.8, 4) is 11.5 Å². The Kier molecular flexibility index (Phi) is 9.49. The number of allylic oxidation sites excluding steroid dienone is 1. The molecule has 0 aliphatic carbocycles. The van der Waals surface area contributed by atoms with E-state index in [0.717, 1.165) is 16.3 Å². The van der Waals surface area contributed by atoms with Gasteiger partial charge in [0.25, 0.3) is 0 Å². The fraction of sp³-hybridized carbons (Fsp3) is 0.259. The lowest BCUT2D eigenvalue weighted by Gasteiger charge is -2.13. The van der Waals surface area contributed by atoms with Crippen LogP contribution in [0.2, 0.25) is 0 Å². The Labute approximate surface area is 199 Å². The molecular formula is C27H30N2O5. The third-order valence-corrected chi connectivity index (χ3v) is 5.43. The van der Waals surface area contributed by atoms with Crippen molar-refractivity contribution in [2.24, 2.45) is 0 Å². The highest BCUT2D eigenvalue weighted by Crippen LogP contribution is 2.25. The van der Waals surface area contributed by atoms with Crippen molar-refractivity contribution in [3.05, 3.63) is 83.9 Å². The zero-order chi connectivity index (χ0) is 24.2. The van der Waals surface area contributed by atoms with Crippen LogP contribution >= 0.6 is 0 Å². The van der Waals surface area contributed by atoms with Crippen LogP contribution in [-0.4, -0.2) is 35.3 Å². The van der Waals surface area contributed by atoms with Gasteiger partial charge in [0.2, 0.25) is 11.8 Å². The van der Waals surface area contributed by atoms with Gasteiger partial charge in [-0.25, -0.2) is 5.48 Å². The fourth-order valence-corrected chi connectivity index (χ4v) is 3.55. The Morgan fingerprint density at radius 1 is 0.941 bits per heavy atom. The van der Waals surface area contributed by atoms with Crippen molar-refractivity contribution in [2.75, 3.05) is 13.2 Å². The number of carbonyl (C=O) groups is 2. The molecule has 3 rings (SSSR count). The lowest BCUT2D eigenvalue weighted by atomic mass is 10.1. The van der Waals surface area contributed by atoms with Gasteiger partial charge in [-0.2, -0.15) is 0 Å². The Morgan fingerprint density at radius 2 is 1.71 bits per heavy atom. The summed E-state index contributed by atoms with van der Waals surface area (Å²) in [5, 5.41) is 23.0. The first-order valence-corrected chi connectivity index (χ1v) is 11.4. The minimum atomic E-state index is -0.421. The predicted octanol–water partition coefficient (Wildman–Crippen LogP) is 4.28. The number of rotatable bonds is 12. The summed E-state index contributed by atoms with van der Waals surface area (Å²) in [5.74, 6) is 0.295. The summed E-state index contributed by atoms with van der Waals surface area (Å²) in [7, 11) is 0. The largest absolute Gasteiger partial charge is 0.508 e. The van der Waals surface area contributed by atoms with Gasteiger partial charge in [0.05, 0.1) is 5.57 Å². The summed E-state index contributed by atoms with van der Waals surface area (Å²) in [6.45, 7) is 0.571. The smallest absolute Gasteiger partial charge is 0.250 e. The summed E-state index contributed by atoms with van der Waals surface area (Å²) in [6, 6.07) is 20.6. The third-order valence-electron chi connectivity index (χ3n) is 5.43. The van der Waals surface area contributed by atoms with Crippen LogP contribution in [0, 0.1) is 0 Å². The highest BCUT2D eigenvalue weighted by molar-refractivity contribution is 5.94. The number of ether oxygens (including phenoxy) is 1. The first kappa shape index (κ1) is 24.8. The van der Waals surface area contributed by atoms with Gasteiger partial charge >= 0.3 is 0 Å². The zero-order valence-electron chi connectivity index (χ0n) is 19.0. The van der Waals surface area contributed by atoms with Crippen molar-refractivity contribution < 1.29 is 24.6 Å². The minimum absolute atomic E-state index is 0.121. The normalized spacial score (nSPS) is 11.3. The number of fused-ring (bicyclic) bond motifs is 1. The molecule has 0 aromatic heterocycles. The van der Waals surface area contributed by atoms with E-state index in [1.54, 1.807) is 17.6 Å². The van der Waals surface area contributed by atoms with Gasteiger partial charge in [-0.3, -0.25) is 14.8 Å². The van der Waals surface area contributed by atoms with E-state index in [-0.39, 0.29) is 24.7 Å². The van der Waals surface area contributed by atoms with Gasteiger partial charge in [-0.05, 0) is 54.8 Å². The summed E-state index contributed by atoms with van der Waals surface area (Å²) >= 11 is 0. The molecule has 2 amide bonds. The SMILES string of the molecule is O=C(CCCCC=C(COc1cccc2ccccc12)C(=O)NCCc1ccc(O)cc1)NO. The average molecular weight is 463 g/mol. The van der Waals surface area contributed by atoms with Crippen molar-refractivity contribution in [1.29, 1.82) is 0 Å². The van der Waals surface area contributed by atoms with E-state index in [1.807, 2.05) is 60.7 Å². The second kappa shape index (κ2) is 13.0. The van der Waals surface area contributed by atoms with E-state index in [2.05, 4.69) is 5.32 Å². The molecule has 0 aliphatic rings. The van der Waals surface area contributed by atoms with Crippen LogP contribution in [0.15, 0.2) is 78.4 Å². The molecule has 3 aromatic rings. The molecule has 0 bridgehead atoms. The van der Waals surface area contributed by atoms with Crippen LogP contribution in [0.25, 0.3) is 10.8 Å². The molecule has 0 aliphatic heterocycles. The molecule has 0 saturated heterocycles. The van der Waals surface area contributed by atoms with E-state index in [1.165, 1.54) is 0 Å². The average Bonchev–Trinajstić information content (AvgIpc) is 2.86. The van der Waals surface area contributed by atoms with Crippen LogP contribution in [0.1, 0.15) is 31.2 Å². The Balaban J connectivity index is 1.61. The summed E-state index contributed by atoms with van der Waals surface area (Å²) in [4.78, 5) is 24.1. The molecule has 0 atom stereocenters. The maximum absolute atomic E-state index is 12.9. The summed E-state index contributed by atoms with van der Waals surface area (Å²) in [6.07, 6.45) is 4.62. The molecule has 3 aromatic carbocycles. The Bertz CT molecular complexity index is 1120. The number of aromatic hydroxyl groups is 1. The molecule has 7 nitrogen and oxygen atoms in total. The number of benzene rings is 3. The fourth-order valence-electron chi connectivity index (χ4n) is 3.55. The summed E-state index contributed by atoms with van der Waals surface area (Å²) < 4.78 is 6.04. The predicted molar refractivity (Wildman–Crippen MR) is 131 cm³/mol. The second-order valence-corrected chi connectivity index (χ2v) is 7.95. The minimum Gasteiger partial charge on any atom is -0.508 e. The summed E-state index contributed by atoms with van der Waals surface area (Å²) in [5.41, 5.74) is 3.15. The lowest BCUT2D eigenvalue weighted by Crippen LogP contribution is -2.29. The number of phenolic OH excluding ortho intramolecular Hbond substituents is 1. The van der Waals surface area contributed by atoms with Gasteiger partial charge in [0.1, 0.15) is 18.1 Å². The molecule has 0 saturated carbocycles. The van der Waals surface area contributed by atoms with Crippen molar-refractivity contribution in [3.63, 3.8) is 0 Å². The van der Waals surface area contributed by atoms with Crippen LogP contribution < -0.4 is 15.5 Å². The van der Waals surface area contributed by atoms with Gasteiger partial charge in [-0.15, -0.1) is 0 Å². The molecular weight excluding hydrogens is 432 g/mol. The first-order chi connectivity index (χ1) is 16.6. The number of phenols is 1. The molecule has 34 heavy (non-hydrogen) atoms. The van der Waals surface area contributed by atoms with E-state index >= 15 is 0 Å². The van der Waals surface area contributed by atoms with Gasteiger partial charge in [0, 0.05) is 18.4 Å². The van der Waals surface area contributed by atoms with E-state index in [0.29, 0.717) is 43.6 Å². The molecule has 7 heteroatoms. The number of hydroxylamine groups is 1. The number of hydrogen-bond acceptors (Lipinski definition) is 5. The maximum atomic E-state index is 12.9. The number of hydrogen-bond donors (Lipinski definition) is 4. The first-order valence-electron chi connectivity index (χ1n) is 11.4. The number of nitrogens with one attached hydrogen (secondary N) is 2. The van der Waals surface area contributed by atoms with E-state index in [4.69, 9.17) is 9.94 Å². The highest BCUT2D eigenvalue weighted by Gasteiger charge is 2.11. The molecule has 0 spiro atoms. The maximum Gasteiger partial charge on any atom is 0.250 e. The quantitative estimate of drug-likeness (QED) is 0.139. The van der Waals surface area contributed by atoms with Crippen LogP contribution in [-0.2, 0) is 16.0 Å². The van der Waals surface area contributed by atoms with E-state index in [9.17, 15) is 14.7 Å². The van der Waals surface area contributed by atoms with Crippen molar-refractivity contribution in [1.82, 2.24) is 10.8 Å². The monoisotopic (exact) mass is 462 g/mol. The molecule has 0 radical (unpaired) electrons. The Morgan fingerprint density at radius 3 is 2.50 bits per heavy atom. The number of amides is 2. The van der Waals surface area contributed by atoms with Crippen molar-refractivity contribution >= 4 is 22.6 Å². The topological polar surface area (TPSA) is 108 Å². The molecule has 0 fully saturated rings. The molecule has 4 N–H and O–H groups in total. The van der Waals surface area contributed by atoms with Crippen LogP contribution in [0.4, 0.5) is 0 Å². The molecule has 0 heterocycles.